The van der Waals surface area contributed by atoms with Crippen LogP contribution in [0.5, 0.6) is 0 Å². The summed E-state index contributed by atoms with van der Waals surface area (Å²) in [5, 5.41) is 15.1. The van der Waals surface area contributed by atoms with Crippen molar-refractivity contribution in [3.63, 3.8) is 0 Å². The first kappa shape index (κ1) is 19.7. The molecule has 4 nitrogen and oxygen atoms in total. The normalized spacial score (nSPS) is 12.2. The smallest absolute Gasteiger partial charge is 0.263 e. The lowest BCUT2D eigenvalue weighted by Gasteiger charge is -2.14. The van der Waals surface area contributed by atoms with Gasteiger partial charge in [0.05, 0.1) is 6.04 Å². The maximum Gasteiger partial charge on any atom is 0.263 e. The zero-order valence-electron chi connectivity index (χ0n) is 14.9. The predicted molar refractivity (Wildman–Crippen MR) is 107 cm³/mol. The SMILES string of the molecule is CCc1ccc(C(C)NC(=O)/C(C#N)=C\NCc2ccc(Br)cc2)cc1. The van der Waals surface area contributed by atoms with Gasteiger partial charge in [0.25, 0.3) is 5.91 Å². The third-order valence-electron chi connectivity index (χ3n) is 4.07. The first-order valence-electron chi connectivity index (χ1n) is 8.51. The van der Waals surface area contributed by atoms with Gasteiger partial charge in [0, 0.05) is 17.2 Å². The van der Waals surface area contributed by atoms with Crippen LogP contribution in [0.2, 0.25) is 0 Å². The number of amides is 1. The summed E-state index contributed by atoms with van der Waals surface area (Å²) >= 11 is 3.39. The van der Waals surface area contributed by atoms with Gasteiger partial charge in [-0.3, -0.25) is 4.79 Å². The zero-order chi connectivity index (χ0) is 18.9. The molecule has 0 radical (unpaired) electrons. The van der Waals surface area contributed by atoms with Gasteiger partial charge in [-0.2, -0.15) is 5.26 Å². The van der Waals surface area contributed by atoms with E-state index >= 15 is 0 Å². The molecule has 5 heteroatoms. The lowest BCUT2D eigenvalue weighted by Crippen LogP contribution is -2.28. The highest BCUT2D eigenvalue weighted by atomic mass is 79.9. The van der Waals surface area contributed by atoms with Crippen molar-refractivity contribution in [2.24, 2.45) is 0 Å². The number of nitriles is 1. The van der Waals surface area contributed by atoms with Crippen LogP contribution in [0.15, 0.2) is 64.8 Å². The van der Waals surface area contributed by atoms with Gasteiger partial charge < -0.3 is 10.6 Å². The minimum Gasteiger partial charge on any atom is -0.386 e. The number of nitrogens with one attached hydrogen (secondary N) is 2. The molecule has 0 aromatic heterocycles. The Morgan fingerprint density at radius 2 is 1.77 bits per heavy atom. The second-order valence-corrected chi connectivity index (χ2v) is 6.88. The van der Waals surface area contributed by atoms with Crippen molar-refractivity contribution in [2.75, 3.05) is 0 Å². The predicted octanol–water partition coefficient (Wildman–Crippen LogP) is 4.39. The molecule has 2 aromatic carbocycles. The van der Waals surface area contributed by atoms with E-state index in [2.05, 4.69) is 45.6 Å². The van der Waals surface area contributed by atoms with Crippen LogP contribution in [0, 0.1) is 11.3 Å². The number of carbonyl (C=O) groups excluding carboxylic acids is 1. The van der Waals surface area contributed by atoms with Crippen LogP contribution in [-0.4, -0.2) is 5.91 Å². The maximum absolute atomic E-state index is 12.3. The molecule has 0 spiro atoms. The van der Waals surface area contributed by atoms with E-state index in [4.69, 9.17) is 0 Å². The minimum absolute atomic E-state index is 0.0548. The van der Waals surface area contributed by atoms with E-state index in [9.17, 15) is 10.1 Å². The molecule has 1 unspecified atom stereocenters. The van der Waals surface area contributed by atoms with Crippen molar-refractivity contribution in [2.45, 2.75) is 32.9 Å². The average Bonchev–Trinajstić information content (AvgIpc) is 2.66. The van der Waals surface area contributed by atoms with Gasteiger partial charge in [-0.1, -0.05) is 59.3 Å². The van der Waals surface area contributed by atoms with Gasteiger partial charge in [0.2, 0.25) is 0 Å². The van der Waals surface area contributed by atoms with Gasteiger partial charge >= 0.3 is 0 Å². The number of hydrogen-bond donors (Lipinski definition) is 2. The Kier molecular flexibility index (Phi) is 7.43. The van der Waals surface area contributed by atoms with E-state index in [1.807, 2.05) is 49.4 Å². The summed E-state index contributed by atoms with van der Waals surface area (Å²) in [6.07, 6.45) is 2.44. The van der Waals surface area contributed by atoms with Gasteiger partial charge in [-0.25, -0.2) is 0 Å². The highest BCUT2D eigenvalue weighted by molar-refractivity contribution is 9.10. The van der Waals surface area contributed by atoms with Gasteiger partial charge in [0.15, 0.2) is 0 Å². The molecule has 26 heavy (non-hydrogen) atoms. The Morgan fingerprint density at radius 1 is 1.15 bits per heavy atom. The molecule has 2 rings (SSSR count). The lowest BCUT2D eigenvalue weighted by molar-refractivity contribution is -0.117. The summed E-state index contributed by atoms with van der Waals surface area (Å²) in [7, 11) is 0. The number of rotatable bonds is 7. The van der Waals surface area contributed by atoms with Crippen molar-refractivity contribution in [3.05, 3.63) is 81.5 Å². The van der Waals surface area contributed by atoms with Gasteiger partial charge in [-0.05, 0) is 42.2 Å². The van der Waals surface area contributed by atoms with E-state index in [-0.39, 0.29) is 17.5 Å². The van der Waals surface area contributed by atoms with Crippen molar-refractivity contribution in [1.82, 2.24) is 10.6 Å². The molecule has 0 aliphatic rings. The fourth-order valence-corrected chi connectivity index (χ4v) is 2.69. The summed E-state index contributed by atoms with van der Waals surface area (Å²) in [5.74, 6) is -0.386. The van der Waals surface area contributed by atoms with Gasteiger partial charge in [0.1, 0.15) is 11.6 Å². The van der Waals surface area contributed by atoms with E-state index in [1.165, 1.54) is 11.8 Å². The fourth-order valence-electron chi connectivity index (χ4n) is 2.42. The lowest BCUT2D eigenvalue weighted by atomic mass is 10.0. The third kappa shape index (κ3) is 5.75. The number of carbonyl (C=O) groups is 1. The second kappa shape index (κ2) is 9.79. The van der Waals surface area contributed by atoms with Crippen LogP contribution in [0.4, 0.5) is 0 Å². The topological polar surface area (TPSA) is 64.9 Å². The number of halogens is 1. The minimum atomic E-state index is -0.386. The molecule has 0 bridgehead atoms. The van der Waals surface area contributed by atoms with Crippen molar-refractivity contribution in [3.8, 4) is 6.07 Å². The number of aryl methyl sites for hydroxylation is 1. The molecule has 2 N–H and O–H groups in total. The third-order valence-corrected chi connectivity index (χ3v) is 4.60. The van der Waals surface area contributed by atoms with Crippen LogP contribution in [0.1, 0.15) is 36.6 Å². The molecule has 0 aliphatic heterocycles. The number of nitrogens with zero attached hydrogens (tertiary/aromatic N) is 1. The van der Waals surface area contributed by atoms with Crippen LogP contribution in [-0.2, 0) is 17.8 Å². The molecule has 0 aliphatic carbocycles. The summed E-state index contributed by atoms with van der Waals surface area (Å²) in [6, 6.07) is 17.7. The molecule has 1 amide bonds. The van der Waals surface area contributed by atoms with Crippen molar-refractivity contribution in [1.29, 1.82) is 5.26 Å². The number of hydrogen-bond acceptors (Lipinski definition) is 3. The Morgan fingerprint density at radius 3 is 2.35 bits per heavy atom. The molecule has 134 valence electrons. The fraction of sp³-hybridized carbons (Fsp3) is 0.238. The summed E-state index contributed by atoms with van der Waals surface area (Å²) in [5.41, 5.74) is 3.38. The zero-order valence-corrected chi connectivity index (χ0v) is 16.5. The summed E-state index contributed by atoms with van der Waals surface area (Å²) < 4.78 is 1.01. The standard InChI is InChI=1S/C21H22BrN3O/c1-3-16-4-8-18(9-5-16)15(2)25-21(26)19(12-23)14-24-13-17-6-10-20(22)11-7-17/h4-11,14-15,24H,3,13H2,1-2H3,(H,25,26)/b19-14-. The van der Waals surface area contributed by atoms with Crippen molar-refractivity contribution >= 4 is 21.8 Å². The van der Waals surface area contributed by atoms with Crippen LogP contribution < -0.4 is 10.6 Å². The molecular formula is C21H22BrN3O. The van der Waals surface area contributed by atoms with Crippen LogP contribution in [0.25, 0.3) is 0 Å². The van der Waals surface area contributed by atoms with Crippen LogP contribution in [0.3, 0.4) is 0 Å². The Hall–Kier alpha value is -2.58. The van der Waals surface area contributed by atoms with E-state index in [0.717, 1.165) is 22.0 Å². The molecular weight excluding hydrogens is 390 g/mol. The monoisotopic (exact) mass is 411 g/mol. The Labute approximate surface area is 163 Å². The molecule has 0 saturated heterocycles. The van der Waals surface area contributed by atoms with Crippen molar-refractivity contribution < 1.29 is 4.79 Å². The molecule has 1 atom stereocenters. The molecule has 0 fully saturated rings. The van der Waals surface area contributed by atoms with E-state index < -0.39 is 0 Å². The highest BCUT2D eigenvalue weighted by Gasteiger charge is 2.13. The highest BCUT2D eigenvalue weighted by Crippen LogP contribution is 2.14. The number of benzene rings is 2. The average molecular weight is 412 g/mol. The molecule has 0 heterocycles. The molecule has 0 saturated carbocycles. The van der Waals surface area contributed by atoms with Gasteiger partial charge in [-0.15, -0.1) is 0 Å². The Balaban J connectivity index is 1.94. The first-order chi connectivity index (χ1) is 12.5. The largest absolute Gasteiger partial charge is 0.386 e. The van der Waals surface area contributed by atoms with E-state index in [0.29, 0.717) is 6.54 Å². The summed E-state index contributed by atoms with van der Waals surface area (Å²) in [6.45, 7) is 4.55. The Bertz CT molecular complexity index is 805. The molecule has 2 aromatic rings. The maximum atomic E-state index is 12.3. The summed E-state index contributed by atoms with van der Waals surface area (Å²) in [4.78, 5) is 12.3. The van der Waals surface area contributed by atoms with Crippen LogP contribution >= 0.6 is 15.9 Å². The quantitative estimate of drug-likeness (QED) is 0.524. The first-order valence-corrected chi connectivity index (χ1v) is 9.30. The van der Waals surface area contributed by atoms with E-state index in [1.54, 1.807) is 0 Å². The second-order valence-electron chi connectivity index (χ2n) is 5.97.